The van der Waals surface area contributed by atoms with Gasteiger partial charge in [-0.2, -0.15) is 0 Å². The maximum atomic E-state index is 9.80. The maximum absolute atomic E-state index is 9.80. The highest BCUT2D eigenvalue weighted by Gasteiger charge is 2.12. The number of aliphatic hydroxyl groups excluding tert-OH is 1. The number of hydrogen-bond acceptors (Lipinski definition) is 2. The number of nitrogens with one attached hydrogen (secondary N) is 1. The van der Waals surface area contributed by atoms with Gasteiger partial charge in [0.2, 0.25) is 0 Å². The molecule has 0 saturated carbocycles. The van der Waals surface area contributed by atoms with Gasteiger partial charge in [-0.15, -0.1) is 0 Å². The Morgan fingerprint density at radius 3 is 2.92 bits per heavy atom. The molecule has 0 saturated heterocycles. The van der Waals surface area contributed by atoms with Crippen molar-refractivity contribution in [2.24, 2.45) is 0 Å². The molecular formula is C10H11NO2. The van der Waals surface area contributed by atoms with Crippen molar-refractivity contribution >= 4 is 0 Å². The van der Waals surface area contributed by atoms with Crippen molar-refractivity contribution in [3.63, 3.8) is 0 Å². The summed E-state index contributed by atoms with van der Waals surface area (Å²) in [6, 6.07) is 5.52. The van der Waals surface area contributed by atoms with Crippen LogP contribution in [0.1, 0.15) is 23.1 Å². The fraction of sp³-hybridized carbons (Fsp3) is 0.200. The van der Waals surface area contributed by atoms with Crippen molar-refractivity contribution in [3.8, 4) is 0 Å². The molecule has 68 valence electrons. The molecule has 2 heterocycles. The molecule has 0 aliphatic carbocycles. The Balaban J connectivity index is 2.28. The Hall–Kier alpha value is -1.48. The number of rotatable bonds is 2. The molecule has 2 aromatic heterocycles. The van der Waals surface area contributed by atoms with Gasteiger partial charge in [-0.3, -0.25) is 0 Å². The molecule has 1 atom stereocenters. The largest absolute Gasteiger partial charge is 0.469 e. The standard InChI is InChI=1S/C10H11NO2/c1-7-5-8(6-13-7)10(12)9-3-2-4-11-9/h2-6,10-12H,1H3. The molecule has 2 N–H and O–H groups in total. The number of furan rings is 1. The highest BCUT2D eigenvalue weighted by Crippen LogP contribution is 2.21. The van der Waals surface area contributed by atoms with Crippen LogP contribution < -0.4 is 0 Å². The molecule has 2 aromatic rings. The van der Waals surface area contributed by atoms with Crippen LogP contribution in [0.15, 0.2) is 35.1 Å². The summed E-state index contributed by atoms with van der Waals surface area (Å²) in [5.74, 6) is 0.806. The lowest BCUT2D eigenvalue weighted by Crippen LogP contribution is -1.97. The van der Waals surface area contributed by atoms with E-state index in [2.05, 4.69) is 4.98 Å². The lowest BCUT2D eigenvalue weighted by atomic mass is 10.1. The highest BCUT2D eigenvalue weighted by atomic mass is 16.3. The predicted molar refractivity (Wildman–Crippen MR) is 48.3 cm³/mol. The van der Waals surface area contributed by atoms with Gasteiger partial charge in [0.15, 0.2) is 0 Å². The van der Waals surface area contributed by atoms with E-state index in [4.69, 9.17) is 4.42 Å². The summed E-state index contributed by atoms with van der Waals surface area (Å²) in [6.07, 6.45) is 2.74. The summed E-state index contributed by atoms with van der Waals surface area (Å²) in [6.45, 7) is 1.85. The van der Waals surface area contributed by atoms with Gasteiger partial charge >= 0.3 is 0 Å². The second-order valence-corrected chi connectivity index (χ2v) is 3.02. The molecule has 0 radical (unpaired) electrons. The first-order valence-electron chi connectivity index (χ1n) is 4.14. The lowest BCUT2D eigenvalue weighted by Gasteiger charge is -2.04. The molecular weight excluding hydrogens is 166 g/mol. The number of aromatic nitrogens is 1. The van der Waals surface area contributed by atoms with Crippen molar-refractivity contribution in [3.05, 3.63) is 47.7 Å². The Kier molecular flexibility index (Phi) is 1.94. The van der Waals surface area contributed by atoms with Crippen molar-refractivity contribution in [2.75, 3.05) is 0 Å². The number of aryl methyl sites for hydroxylation is 1. The maximum Gasteiger partial charge on any atom is 0.122 e. The molecule has 0 aromatic carbocycles. The summed E-state index contributed by atoms with van der Waals surface area (Å²) in [4.78, 5) is 2.95. The minimum atomic E-state index is -0.618. The van der Waals surface area contributed by atoms with Crippen LogP contribution >= 0.6 is 0 Å². The van der Waals surface area contributed by atoms with Crippen LogP contribution in [-0.2, 0) is 0 Å². The van der Waals surface area contributed by atoms with Crippen molar-refractivity contribution < 1.29 is 9.52 Å². The normalized spacial score (nSPS) is 13.1. The molecule has 0 bridgehead atoms. The van der Waals surface area contributed by atoms with Gasteiger partial charge < -0.3 is 14.5 Å². The molecule has 0 spiro atoms. The van der Waals surface area contributed by atoms with Gasteiger partial charge in [-0.05, 0) is 25.1 Å². The van der Waals surface area contributed by atoms with Gasteiger partial charge in [0.05, 0.1) is 6.26 Å². The number of hydrogen-bond donors (Lipinski definition) is 2. The van der Waals surface area contributed by atoms with Gasteiger partial charge in [-0.25, -0.2) is 0 Å². The molecule has 0 aliphatic rings. The van der Waals surface area contributed by atoms with Crippen molar-refractivity contribution in [1.82, 2.24) is 4.98 Å². The van der Waals surface area contributed by atoms with E-state index >= 15 is 0 Å². The van der Waals surface area contributed by atoms with Gasteiger partial charge in [0.1, 0.15) is 11.9 Å². The van der Waals surface area contributed by atoms with Gasteiger partial charge in [0.25, 0.3) is 0 Å². The van der Waals surface area contributed by atoms with E-state index in [-0.39, 0.29) is 0 Å². The zero-order valence-electron chi connectivity index (χ0n) is 7.32. The highest BCUT2D eigenvalue weighted by molar-refractivity contribution is 5.23. The van der Waals surface area contributed by atoms with Crippen molar-refractivity contribution in [2.45, 2.75) is 13.0 Å². The first-order chi connectivity index (χ1) is 6.27. The smallest absolute Gasteiger partial charge is 0.122 e. The monoisotopic (exact) mass is 177 g/mol. The third-order valence-corrected chi connectivity index (χ3v) is 1.98. The molecule has 0 fully saturated rings. The summed E-state index contributed by atoms with van der Waals surface area (Å²) < 4.78 is 5.11. The van der Waals surface area contributed by atoms with E-state index in [9.17, 15) is 5.11 Å². The van der Waals surface area contributed by atoms with Crippen LogP contribution in [0.5, 0.6) is 0 Å². The Morgan fingerprint density at radius 2 is 2.38 bits per heavy atom. The average Bonchev–Trinajstić information content (AvgIpc) is 2.72. The fourth-order valence-corrected chi connectivity index (χ4v) is 1.30. The van der Waals surface area contributed by atoms with Crippen LogP contribution in [0, 0.1) is 6.92 Å². The minimum Gasteiger partial charge on any atom is -0.469 e. The van der Waals surface area contributed by atoms with E-state index in [1.165, 1.54) is 0 Å². The molecule has 13 heavy (non-hydrogen) atoms. The zero-order valence-corrected chi connectivity index (χ0v) is 7.32. The zero-order chi connectivity index (χ0) is 9.26. The summed E-state index contributed by atoms with van der Waals surface area (Å²) in [5, 5.41) is 9.80. The first kappa shape index (κ1) is 8.13. The molecule has 2 rings (SSSR count). The molecule has 1 unspecified atom stereocenters. The van der Waals surface area contributed by atoms with E-state index in [0.717, 1.165) is 17.0 Å². The quantitative estimate of drug-likeness (QED) is 0.737. The number of aliphatic hydroxyl groups is 1. The Morgan fingerprint density at radius 1 is 1.54 bits per heavy atom. The van der Waals surface area contributed by atoms with Crippen molar-refractivity contribution in [1.29, 1.82) is 0 Å². The van der Waals surface area contributed by atoms with E-state index < -0.39 is 6.10 Å². The van der Waals surface area contributed by atoms with Gasteiger partial charge in [0, 0.05) is 17.5 Å². The SMILES string of the molecule is Cc1cc(C(O)c2ccc[nH]2)co1. The van der Waals surface area contributed by atoms with E-state index in [0.29, 0.717) is 0 Å². The minimum absolute atomic E-state index is 0.618. The fourth-order valence-electron chi connectivity index (χ4n) is 1.30. The van der Waals surface area contributed by atoms with Crippen LogP contribution in [0.2, 0.25) is 0 Å². The summed E-state index contributed by atoms with van der Waals surface area (Å²) in [5.41, 5.74) is 1.56. The summed E-state index contributed by atoms with van der Waals surface area (Å²) in [7, 11) is 0. The lowest BCUT2D eigenvalue weighted by molar-refractivity contribution is 0.215. The summed E-state index contributed by atoms with van der Waals surface area (Å²) >= 11 is 0. The first-order valence-corrected chi connectivity index (χ1v) is 4.14. The van der Waals surface area contributed by atoms with Gasteiger partial charge in [-0.1, -0.05) is 0 Å². The number of aromatic amines is 1. The third-order valence-electron chi connectivity index (χ3n) is 1.98. The second kappa shape index (κ2) is 3.11. The number of H-pyrrole nitrogens is 1. The molecule has 3 nitrogen and oxygen atoms in total. The Bertz CT molecular complexity index is 375. The average molecular weight is 177 g/mol. The van der Waals surface area contributed by atoms with Crippen LogP contribution in [0.25, 0.3) is 0 Å². The molecule has 3 heteroatoms. The molecule has 0 amide bonds. The topological polar surface area (TPSA) is 49.2 Å². The third kappa shape index (κ3) is 1.51. The van der Waals surface area contributed by atoms with E-state index in [1.807, 2.05) is 25.1 Å². The molecule has 0 aliphatic heterocycles. The van der Waals surface area contributed by atoms with Crippen LogP contribution in [0.3, 0.4) is 0 Å². The van der Waals surface area contributed by atoms with Crippen LogP contribution in [0.4, 0.5) is 0 Å². The predicted octanol–water partition coefficient (Wildman–Crippen LogP) is 2.00. The Labute approximate surface area is 76.0 Å². The second-order valence-electron chi connectivity index (χ2n) is 3.02. The van der Waals surface area contributed by atoms with E-state index in [1.54, 1.807) is 12.5 Å². The van der Waals surface area contributed by atoms with Crippen LogP contribution in [-0.4, -0.2) is 10.1 Å².